The molecule has 1 heterocycles. The minimum Gasteiger partial charge on any atom is -0.468 e. The molecule has 3 rings (SSSR count). The Morgan fingerprint density at radius 1 is 1.14 bits per heavy atom. The van der Waals surface area contributed by atoms with Crippen molar-refractivity contribution in [3.63, 3.8) is 0 Å². The lowest BCUT2D eigenvalue weighted by molar-refractivity contribution is -0.141. The van der Waals surface area contributed by atoms with Gasteiger partial charge in [-0.15, -0.1) is 11.8 Å². The first kappa shape index (κ1) is 21.3. The summed E-state index contributed by atoms with van der Waals surface area (Å²) in [6, 6.07) is 14.2. The van der Waals surface area contributed by atoms with E-state index in [2.05, 4.69) is 23.2 Å². The first-order valence-corrected chi connectivity index (χ1v) is 11.2. The average Bonchev–Trinajstić information content (AvgIpc) is 3.02. The number of thiazole rings is 1. The number of benzene rings is 2. The largest absolute Gasteiger partial charge is 0.468 e. The second kappa shape index (κ2) is 9.89. The van der Waals surface area contributed by atoms with E-state index in [0.29, 0.717) is 11.2 Å². The van der Waals surface area contributed by atoms with Crippen molar-refractivity contribution in [3.8, 4) is 0 Å². The van der Waals surface area contributed by atoms with Gasteiger partial charge < -0.3 is 9.30 Å². The number of carbonyl (C=O) groups is 2. The molecule has 0 radical (unpaired) electrons. The van der Waals surface area contributed by atoms with Gasteiger partial charge >= 0.3 is 5.97 Å². The minimum atomic E-state index is -0.365. The summed E-state index contributed by atoms with van der Waals surface area (Å²) in [5.74, 6) is 0.325. The number of carbonyl (C=O) groups excluding carboxylic acids is 2. The Bertz CT molecular complexity index is 1080. The van der Waals surface area contributed by atoms with E-state index >= 15 is 0 Å². The van der Waals surface area contributed by atoms with Crippen LogP contribution in [0.25, 0.3) is 10.2 Å². The maximum atomic E-state index is 12.4. The Morgan fingerprint density at radius 2 is 1.86 bits per heavy atom. The fourth-order valence-electron chi connectivity index (χ4n) is 2.85. The highest BCUT2D eigenvalue weighted by Gasteiger charge is 2.13. The number of nitrogens with zero attached hydrogens (tertiary/aromatic N) is 2. The molecule has 3 aromatic rings. The highest BCUT2D eigenvalue weighted by Crippen LogP contribution is 2.22. The number of esters is 1. The summed E-state index contributed by atoms with van der Waals surface area (Å²) in [5.41, 5.74) is 3.19. The Labute approximate surface area is 178 Å². The molecule has 0 unspecified atom stereocenters. The molecule has 7 heteroatoms. The normalized spacial score (nSPS) is 11.8. The summed E-state index contributed by atoms with van der Waals surface area (Å²) in [6.45, 7) is 4.11. The zero-order chi connectivity index (χ0) is 20.8. The summed E-state index contributed by atoms with van der Waals surface area (Å²) < 4.78 is 7.60. The van der Waals surface area contributed by atoms with E-state index in [4.69, 9.17) is 4.74 Å². The Morgan fingerprint density at radius 3 is 2.59 bits per heavy atom. The number of thioether (sulfide) groups is 1. The lowest BCUT2D eigenvalue weighted by Crippen LogP contribution is -2.22. The van der Waals surface area contributed by atoms with Gasteiger partial charge in [-0.25, -0.2) is 0 Å². The van der Waals surface area contributed by atoms with Crippen molar-refractivity contribution in [2.75, 3.05) is 12.9 Å². The molecule has 1 aromatic heterocycles. The van der Waals surface area contributed by atoms with Gasteiger partial charge in [0.25, 0.3) is 0 Å². The first-order valence-electron chi connectivity index (χ1n) is 9.40. The summed E-state index contributed by atoms with van der Waals surface area (Å²) in [4.78, 5) is 30.4. The van der Waals surface area contributed by atoms with Crippen LogP contribution in [0.5, 0.6) is 0 Å². The van der Waals surface area contributed by atoms with Crippen LogP contribution in [0.3, 0.4) is 0 Å². The Hall–Kier alpha value is -2.38. The van der Waals surface area contributed by atoms with Crippen LogP contribution in [0.4, 0.5) is 0 Å². The van der Waals surface area contributed by atoms with Crippen LogP contribution >= 0.6 is 23.1 Å². The van der Waals surface area contributed by atoms with Gasteiger partial charge in [0.1, 0.15) is 6.54 Å². The van der Waals surface area contributed by atoms with E-state index in [9.17, 15) is 9.59 Å². The van der Waals surface area contributed by atoms with Crippen LogP contribution in [0.15, 0.2) is 52.4 Å². The van der Waals surface area contributed by atoms with Gasteiger partial charge in [-0.3, -0.25) is 9.59 Å². The van der Waals surface area contributed by atoms with Crippen molar-refractivity contribution in [2.24, 2.45) is 4.99 Å². The predicted molar refractivity (Wildman–Crippen MR) is 118 cm³/mol. The van der Waals surface area contributed by atoms with Crippen LogP contribution in [-0.2, 0) is 20.9 Å². The van der Waals surface area contributed by atoms with Crippen LogP contribution in [0.1, 0.15) is 24.0 Å². The van der Waals surface area contributed by atoms with Crippen molar-refractivity contribution in [1.29, 1.82) is 0 Å². The molecule has 0 saturated heterocycles. The van der Waals surface area contributed by atoms with Gasteiger partial charge in [0.05, 0.1) is 17.3 Å². The van der Waals surface area contributed by atoms with E-state index in [-0.39, 0.29) is 18.4 Å². The number of rotatable bonds is 7. The van der Waals surface area contributed by atoms with Crippen molar-refractivity contribution in [2.45, 2.75) is 38.1 Å². The number of methoxy groups -OCH3 is 1. The molecule has 152 valence electrons. The number of aromatic nitrogens is 1. The van der Waals surface area contributed by atoms with Gasteiger partial charge in [-0.2, -0.15) is 4.99 Å². The van der Waals surface area contributed by atoms with Crippen LogP contribution in [0.2, 0.25) is 0 Å². The predicted octanol–water partition coefficient (Wildman–Crippen LogP) is 4.49. The zero-order valence-electron chi connectivity index (χ0n) is 16.8. The fraction of sp³-hybridized carbons (Fsp3) is 0.318. The summed E-state index contributed by atoms with van der Waals surface area (Å²) >= 11 is 3.16. The standard InChI is InChI=1S/C22H24N2O3S2/c1-15-12-18-19(13-16(15)2)29-22(24(18)14-21(26)27-3)23-20(25)10-7-11-28-17-8-5-4-6-9-17/h4-6,8-9,12-13H,7,10-11,14H2,1-3H3. The average molecular weight is 429 g/mol. The lowest BCUT2D eigenvalue weighted by atomic mass is 10.1. The first-order chi connectivity index (χ1) is 14.0. The highest BCUT2D eigenvalue weighted by molar-refractivity contribution is 7.99. The van der Waals surface area contributed by atoms with Gasteiger partial charge in [0.15, 0.2) is 4.80 Å². The maximum absolute atomic E-state index is 12.4. The second-order valence-electron chi connectivity index (χ2n) is 6.72. The minimum absolute atomic E-state index is 0.0367. The molecule has 0 aliphatic rings. The van der Waals surface area contributed by atoms with Gasteiger partial charge in [0, 0.05) is 11.3 Å². The van der Waals surface area contributed by atoms with E-state index < -0.39 is 0 Å². The molecule has 0 bridgehead atoms. The van der Waals surface area contributed by atoms with E-state index in [1.54, 1.807) is 16.3 Å². The maximum Gasteiger partial charge on any atom is 0.325 e. The molecular weight excluding hydrogens is 404 g/mol. The molecule has 0 aliphatic heterocycles. The van der Waals surface area contributed by atoms with Crippen LogP contribution < -0.4 is 4.80 Å². The smallest absolute Gasteiger partial charge is 0.325 e. The van der Waals surface area contributed by atoms with Crippen LogP contribution in [0, 0.1) is 13.8 Å². The molecule has 0 fully saturated rings. The fourth-order valence-corrected chi connectivity index (χ4v) is 4.85. The number of hydrogen-bond acceptors (Lipinski definition) is 5. The number of fused-ring (bicyclic) bond motifs is 1. The third-order valence-corrected chi connectivity index (χ3v) is 6.72. The zero-order valence-corrected chi connectivity index (χ0v) is 18.4. The molecule has 1 amide bonds. The van der Waals surface area contributed by atoms with Crippen molar-refractivity contribution < 1.29 is 14.3 Å². The molecule has 5 nitrogen and oxygen atoms in total. The molecule has 29 heavy (non-hydrogen) atoms. The monoisotopic (exact) mass is 428 g/mol. The van der Waals surface area contributed by atoms with Crippen molar-refractivity contribution in [1.82, 2.24) is 4.57 Å². The van der Waals surface area contributed by atoms with Gasteiger partial charge in [0.2, 0.25) is 5.91 Å². The molecule has 0 atom stereocenters. The topological polar surface area (TPSA) is 60.7 Å². The van der Waals surface area contributed by atoms with E-state index in [1.165, 1.54) is 28.9 Å². The Balaban J connectivity index is 1.77. The molecule has 0 spiro atoms. The number of amides is 1. The Kier molecular flexibility index (Phi) is 7.28. The number of aryl methyl sites for hydroxylation is 2. The molecule has 0 aliphatic carbocycles. The van der Waals surface area contributed by atoms with Crippen molar-refractivity contribution in [3.05, 3.63) is 58.4 Å². The van der Waals surface area contributed by atoms with E-state index in [1.807, 2.05) is 38.1 Å². The summed E-state index contributed by atoms with van der Waals surface area (Å²) in [6.07, 6.45) is 1.13. The van der Waals surface area contributed by atoms with E-state index in [0.717, 1.165) is 28.0 Å². The third-order valence-electron chi connectivity index (χ3n) is 4.58. The molecule has 0 N–H and O–H groups in total. The molecular formula is C22H24N2O3S2. The molecule has 2 aromatic carbocycles. The number of ether oxygens (including phenoxy) is 1. The van der Waals surface area contributed by atoms with Gasteiger partial charge in [-0.05, 0) is 61.4 Å². The van der Waals surface area contributed by atoms with Crippen LogP contribution in [-0.4, -0.2) is 29.3 Å². The van der Waals surface area contributed by atoms with Crippen molar-refractivity contribution >= 4 is 45.2 Å². The highest BCUT2D eigenvalue weighted by atomic mass is 32.2. The second-order valence-corrected chi connectivity index (χ2v) is 8.90. The quantitative estimate of drug-likeness (QED) is 0.316. The summed E-state index contributed by atoms with van der Waals surface area (Å²) in [7, 11) is 1.36. The lowest BCUT2D eigenvalue weighted by Gasteiger charge is -2.05. The SMILES string of the molecule is COC(=O)Cn1c(=NC(=O)CCCSc2ccccc2)sc2cc(C)c(C)cc21. The van der Waals surface area contributed by atoms with Gasteiger partial charge in [-0.1, -0.05) is 29.5 Å². The molecule has 0 saturated carbocycles. The number of hydrogen-bond donors (Lipinski definition) is 0. The third kappa shape index (κ3) is 5.58. The summed E-state index contributed by atoms with van der Waals surface area (Å²) in [5, 5.41) is 0.